The van der Waals surface area contributed by atoms with Gasteiger partial charge >= 0.3 is 0 Å². The van der Waals surface area contributed by atoms with Gasteiger partial charge in [0, 0.05) is 0 Å². The van der Waals surface area contributed by atoms with Crippen molar-refractivity contribution in [1.29, 1.82) is 0 Å². The fraction of sp³-hybridized carbons (Fsp3) is 0.286. The molecule has 2 N–H and O–H groups in total. The second-order valence-electron chi connectivity index (χ2n) is 3.68. The minimum absolute atomic E-state index is 0.125. The average molecular weight is 250 g/mol. The molecule has 0 aliphatic carbocycles. The maximum atomic E-state index is 7.62. The summed E-state index contributed by atoms with van der Waals surface area (Å²) in [6, 6.07) is 7.74. The number of hydrogen-bond acceptors (Lipinski definition) is 4. The molecule has 0 saturated heterocycles. The lowest BCUT2D eigenvalue weighted by atomic mass is 10.3. The van der Waals surface area contributed by atoms with Gasteiger partial charge in [0.2, 0.25) is 0 Å². The molecular weight excluding hydrogens is 232 g/mol. The summed E-state index contributed by atoms with van der Waals surface area (Å²) in [5, 5.41) is 15.2. The third-order valence-corrected chi connectivity index (χ3v) is 2.03. The Balaban J connectivity index is 0.000000357. The van der Waals surface area contributed by atoms with Crippen LogP contribution >= 0.6 is 0 Å². The second-order valence-corrected chi connectivity index (χ2v) is 3.68. The number of aliphatic hydroxyl groups is 2. The van der Waals surface area contributed by atoms with Crippen LogP contribution < -0.4 is 0 Å². The van der Waals surface area contributed by atoms with E-state index in [1.807, 2.05) is 50.3 Å². The first kappa shape index (κ1) is 14.3. The summed E-state index contributed by atoms with van der Waals surface area (Å²) in [6.07, 6.45) is 3.79. The first-order valence-electron chi connectivity index (χ1n) is 5.68. The standard InChI is InChI=1S/C12H12O2.C2H6O2/c1-9-3-5-11(13-9)7-8-12-6-4-10(2)14-12;3-1-2-4/h3-8H,1-2H3;3-4H,1-2H2/b8-7+;. The predicted octanol–water partition coefficient (Wildman–Crippen LogP) is 2.63. The van der Waals surface area contributed by atoms with E-state index >= 15 is 0 Å². The van der Waals surface area contributed by atoms with Crippen molar-refractivity contribution >= 4 is 12.2 Å². The Morgan fingerprint density at radius 2 is 1.22 bits per heavy atom. The van der Waals surface area contributed by atoms with Crippen molar-refractivity contribution in [2.75, 3.05) is 13.2 Å². The van der Waals surface area contributed by atoms with E-state index in [2.05, 4.69) is 0 Å². The van der Waals surface area contributed by atoms with Crippen LogP contribution in [0.2, 0.25) is 0 Å². The van der Waals surface area contributed by atoms with Crippen LogP contribution in [0.1, 0.15) is 23.0 Å². The molecule has 18 heavy (non-hydrogen) atoms. The zero-order chi connectivity index (χ0) is 13.4. The Morgan fingerprint density at radius 3 is 1.44 bits per heavy atom. The molecule has 2 aromatic rings. The van der Waals surface area contributed by atoms with Crippen molar-refractivity contribution < 1.29 is 19.0 Å². The molecule has 98 valence electrons. The number of furan rings is 2. The molecule has 2 heterocycles. The first-order valence-corrected chi connectivity index (χ1v) is 5.68. The van der Waals surface area contributed by atoms with Gasteiger partial charge in [-0.25, -0.2) is 0 Å². The van der Waals surface area contributed by atoms with E-state index in [1.54, 1.807) is 0 Å². The molecule has 0 atom stereocenters. The summed E-state index contributed by atoms with van der Waals surface area (Å²) in [4.78, 5) is 0. The number of rotatable bonds is 3. The van der Waals surface area contributed by atoms with Gasteiger partial charge in [0.15, 0.2) is 0 Å². The molecule has 4 heteroatoms. The van der Waals surface area contributed by atoms with E-state index in [4.69, 9.17) is 19.0 Å². The third kappa shape index (κ3) is 5.03. The lowest BCUT2D eigenvalue weighted by Gasteiger charge is -1.85. The largest absolute Gasteiger partial charge is 0.462 e. The van der Waals surface area contributed by atoms with E-state index in [9.17, 15) is 0 Å². The van der Waals surface area contributed by atoms with Crippen LogP contribution in [0.3, 0.4) is 0 Å². The fourth-order valence-corrected chi connectivity index (χ4v) is 1.25. The van der Waals surface area contributed by atoms with Crippen LogP contribution in [0.5, 0.6) is 0 Å². The quantitative estimate of drug-likeness (QED) is 0.878. The van der Waals surface area contributed by atoms with Gasteiger partial charge in [-0.2, -0.15) is 0 Å². The van der Waals surface area contributed by atoms with Crippen LogP contribution in [-0.2, 0) is 0 Å². The van der Waals surface area contributed by atoms with Crippen molar-refractivity contribution in [1.82, 2.24) is 0 Å². The second kappa shape index (κ2) is 7.53. The molecule has 0 bridgehead atoms. The van der Waals surface area contributed by atoms with Gasteiger partial charge in [-0.05, 0) is 50.3 Å². The van der Waals surface area contributed by atoms with Crippen molar-refractivity contribution in [2.45, 2.75) is 13.8 Å². The normalized spacial score (nSPS) is 10.4. The maximum Gasteiger partial charge on any atom is 0.127 e. The molecule has 2 rings (SSSR count). The highest BCUT2D eigenvalue weighted by molar-refractivity contribution is 5.64. The predicted molar refractivity (Wildman–Crippen MR) is 70.0 cm³/mol. The van der Waals surface area contributed by atoms with Gasteiger partial charge in [-0.1, -0.05) is 0 Å². The van der Waals surface area contributed by atoms with Gasteiger partial charge < -0.3 is 19.0 Å². The Labute approximate surface area is 106 Å². The molecule has 2 aromatic heterocycles. The highest BCUT2D eigenvalue weighted by Crippen LogP contribution is 2.13. The molecule has 0 amide bonds. The fourth-order valence-electron chi connectivity index (χ4n) is 1.25. The molecule has 0 fully saturated rings. The van der Waals surface area contributed by atoms with Crippen LogP contribution in [0.15, 0.2) is 33.1 Å². The molecule has 0 aliphatic heterocycles. The topological polar surface area (TPSA) is 66.7 Å². The molecular formula is C14H18O4. The van der Waals surface area contributed by atoms with Crippen LogP contribution in [0, 0.1) is 13.8 Å². The van der Waals surface area contributed by atoms with Gasteiger partial charge in [0.1, 0.15) is 23.0 Å². The van der Waals surface area contributed by atoms with E-state index in [0.717, 1.165) is 23.0 Å². The van der Waals surface area contributed by atoms with Crippen LogP contribution in [-0.4, -0.2) is 23.4 Å². The van der Waals surface area contributed by atoms with Gasteiger partial charge in [0.25, 0.3) is 0 Å². The average Bonchev–Trinajstić information content (AvgIpc) is 2.96. The number of aryl methyl sites for hydroxylation is 2. The number of aliphatic hydroxyl groups excluding tert-OH is 2. The molecule has 0 unspecified atom stereocenters. The Bertz CT molecular complexity index is 435. The van der Waals surface area contributed by atoms with Crippen molar-refractivity contribution in [3.63, 3.8) is 0 Å². The molecule has 0 radical (unpaired) electrons. The number of hydrogen-bond donors (Lipinski definition) is 2. The summed E-state index contributed by atoms with van der Waals surface area (Å²) < 4.78 is 10.8. The van der Waals surface area contributed by atoms with Gasteiger partial charge in [0.05, 0.1) is 13.2 Å². The zero-order valence-corrected chi connectivity index (χ0v) is 10.6. The third-order valence-electron chi connectivity index (χ3n) is 2.03. The lowest BCUT2D eigenvalue weighted by molar-refractivity contribution is 0.186. The lowest BCUT2D eigenvalue weighted by Crippen LogP contribution is -1.85. The highest BCUT2D eigenvalue weighted by Gasteiger charge is 1.95. The molecule has 0 spiro atoms. The molecule has 4 nitrogen and oxygen atoms in total. The summed E-state index contributed by atoms with van der Waals surface area (Å²) in [5.74, 6) is 3.52. The Kier molecular flexibility index (Phi) is 5.97. The zero-order valence-electron chi connectivity index (χ0n) is 10.6. The van der Waals surface area contributed by atoms with E-state index in [0.29, 0.717) is 0 Å². The minimum Gasteiger partial charge on any atom is -0.462 e. The first-order chi connectivity index (χ1) is 8.65. The molecule has 0 aromatic carbocycles. The highest BCUT2D eigenvalue weighted by atomic mass is 16.3. The maximum absolute atomic E-state index is 7.62. The van der Waals surface area contributed by atoms with E-state index in [-0.39, 0.29) is 13.2 Å². The van der Waals surface area contributed by atoms with Crippen LogP contribution in [0.4, 0.5) is 0 Å². The summed E-state index contributed by atoms with van der Waals surface area (Å²) in [7, 11) is 0. The van der Waals surface area contributed by atoms with Crippen molar-refractivity contribution in [2.24, 2.45) is 0 Å². The summed E-state index contributed by atoms with van der Waals surface area (Å²) in [6.45, 7) is 3.60. The minimum atomic E-state index is -0.125. The van der Waals surface area contributed by atoms with Crippen molar-refractivity contribution in [3.8, 4) is 0 Å². The molecule has 0 aliphatic rings. The molecule has 0 saturated carbocycles. The Morgan fingerprint density at radius 1 is 0.833 bits per heavy atom. The van der Waals surface area contributed by atoms with E-state index < -0.39 is 0 Å². The Hall–Kier alpha value is -1.78. The summed E-state index contributed by atoms with van der Waals surface area (Å²) >= 11 is 0. The van der Waals surface area contributed by atoms with Gasteiger partial charge in [-0.15, -0.1) is 0 Å². The van der Waals surface area contributed by atoms with Gasteiger partial charge in [-0.3, -0.25) is 0 Å². The smallest absolute Gasteiger partial charge is 0.127 e. The SMILES string of the molecule is Cc1ccc(/C=C/c2ccc(C)o2)o1.OCCO. The monoisotopic (exact) mass is 250 g/mol. The summed E-state index contributed by atoms with van der Waals surface area (Å²) in [5.41, 5.74) is 0. The van der Waals surface area contributed by atoms with Crippen LogP contribution in [0.25, 0.3) is 12.2 Å². The van der Waals surface area contributed by atoms with E-state index in [1.165, 1.54) is 0 Å². The van der Waals surface area contributed by atoms with Crippen molar-refractivity contribution in [3.05, 3.63) is 47.3 Å².